The first-order chi connectivity index (χ1) is 11.1. The molecule has 3 rings (SSSR count). The summed E-state index contributed by atoms with van der Waals surface area (Å²) in [6.45, 7) is 5.45. The lowest BCUT2D eigenvalue weighted by Crippen LogP contribution is -2.50. The van der Waals surface area contributed by atoms with Gasteiger partial charge in [-0.25, -0.2) is 4.98 Å². The minimum atomic E-state index is -0.142. The lowest BCUT2D eigenvalue weighted by atomic mass is 10.2. The van der Waals surface area contributed by atoms with Gasteiger partial charge in [-0.05, 0) is 19.1 Å². The summed E-state index contributed by atoms with van der Waals surface area (Å²) in [5.74, 6) is 0.870. The van der Waals surface area contributed by atoms with Gasteiger partial charge in [-0.3, -0.25) is 9.59 Å². The Bertz CT molecular complexity index is 716. The van der Waals surface area contributed by atoms with Gasteiger partial charge in [0.1, 0.15) is 5.76 Å². The van der Waals surface area contributed by atoms with Gasteiger partial charge in [0.25, 0.3) is 5.91 Å². The van der Waals surface area contributed by atoms with E-state index in [1.807, 2.05) is 30.3 Å². The number of carbonyl (C=O) groups is 2. The minimum absolute atomic E-state index is 0.0427. The first-order valence-corrected chi connectivity index (χ1v) is 7.64. The molecule has 6 heteroatoms. The number of oxazole rings is 1. The third kappa shape index (κ3) is 3.11. The van der Waals surface area contributed by atoms with Crippen molar-refractivity contribution in [2.75, 3.05) is 26.2 Å². The van der Waals surface area contributed by atoms with Gasteiger partial charge in [-0.1, -0.05) is 18.2 Å². The van der Waals surface area contributed by atoms with Gasteiger partial charge in [0, 0.05) is 38.7 Å². The molecule has 0 N–H and O–H groups in total. The summed E-state index contributed by atoms with van der Waals surface area (Å²) in [5.41, 5.74) is 1.19. The van der Waals surface area contributed by atoms with Crippen LogP contribution in [0, 0.1) is 6.92 Å². The Kier molecular flexibility index (Phi) is 4.14. The van der Waals surface area contributed by atoms with E-state index in [1.54, 1.807) is 23.6 Å². The van der Waals surface area contributed by atoms with Gasteiger partial charge in [-0.2, -0.15) is 0 Å². The van der Waals surface area contributed by atoms with Crippen molar-refractivity contribution in [1.29, 1.82) is 0 Å². The fraction of sp³-hybridized carbons (Fsp3) is 0.353. The Morgan fingerprint density at radius 1 is 1.04 bits per heavy atom. The summed E-state index contributed by atoms with van der Waals surface area (Å²) in [4.78, 5) is 31.8. The highest BCUT2D eigenvalue weighted by Gasteiger charge is 2.27. The van der Waals surface area contributed by atoms with Crippen molar-refractivity contribution in [2.24, 2.45) is 0 Å². The van der Waals surface area contributed by atoms with Crippen LogP contribution in [0.25, 0.3) is 11.5 Å². The Labute approximate surface area is 134 Å². The largest absolute Gasteiger partial charge is 0.441 e. The van der Waals surface area contributed by atoms with Crippen LogP contribution in [0.1, 0.15) is 23.2 Å². The normalized spacial score (nSPS) is 14.9. The Morgan fingerprint density at radius 3 is 2.26 bits per heavy atom. The highest BCUT2D eigenvalue weighted by atomic mass is 16.4. The lowest BCUT2D eigenvalue weighted by molar-refractivity contribution is -0.130. The summed E-state index contributed by atoms with van der Waals surface area (Å²) in [5, 5.41) is 0. The molecule has 1 fully saturated rings. The molecule has 0 saturated carbocycles. The third-order valence-corrected chi connectivity index (χ3v) is 4.03. The molecule has 1 aliphatic heterocycles. The van der Waals surface area contributed by atoms with Gasteiger partial charge >= 0.3 is 0 Å². The fourth-order valence-electron chi connectivity index (χ4n) is 2.67. The average Bonchev–Trinajstić information content (AvgIpc) is 2.97. The van der Waals surface area contributed by atoms with E-state index in [9.17, 15) is 9.59 Å². The number of hydrogen-bond donors (Lipinski definition) is 0. The smallest absolute Gasteiger partial charge is 0.276 e. The number of benzene rings is 1. The molecule has 0 radical (unpaired) electrons. The molecule has 1 aliphatic rings. The van der Waals surface area contributed by atoms with E-state index in [1.165, 1.54) is 0 Å². The van der Waals surface area contributed by atoms with Crippen LogP contribution < -0.4 is 0 Å². The van der Waals surface area contributed by atoms with Gasteiger partial charge in [-0.15, -0.1) is 0 Å². The van der Waals surface area contributed by atoms with Gasteiger partial charge < -0.3 is 14.2 Å². The average molecular weight is 313 g/mol. The molecule has 23 heavy (non-hydrogen) atoms. The zero-order valence-electron chi connectivity index (χ0n) is 13.3. The molecule has 120 valence electrons. The summed E-state index contributed by atoms with van der Waals surface area (Å²) < 4.78 is 5.65. The van der Waals surface area contributed by atoms with Crippen LogP contribution in [-0.4, -0.2) is 52.8 Å². The van der Waals surface area contributed by atoms with E-state index in [-0.39, 0.29) is 11.8 Å². The topological polar surface area (TPSA) is 66.7 Å². The summed E-state index contributed by atoms with van der Waals surface area (Å²) in [7, 11) is 0. The zero-order valence-corrected chi connectivity index (χ0v) is 13.3. The van der Waals surface area contributed by atoms with Crippen molar-refractivity contribution in [3.63, 3.8) is 0 Å². The van der Waals surface area contributed by atoms with E-state index in [4.69, 9.17) is 4.42 Å². The predicted molar refractivity (Wildman–Crippen MR) is 84.8 cm³/mol. The Hall–Kier alpha value is -2.63. The summed E-state index contributed by atoms with van der Waals surface area (Å²) in [6, 6.07) is 9.50. The highest BCUT2D eigenvalue weighted by Crippen LogP contribution is 2.22. The molecule has 1 aromatic heterocycles. The number of aromatic nitrogens is 1. The van der Waals surface area contributed by atoms with Crippen LogP contribution in [0.2, 0.25) is 0 Å². The van der Waals surface area contributed by atoms with Gasteiger partial charge in [0.15, 0.2) is 5.69 Å². The number of nitrogens with zero attached hydrogens (tertiary/aromatic N) is 3. The van der Waals surface area contributed by atoms with Crippen LogP contribution >= 0.6 is 0 Å². The first-order valence-electron chi connectivity index (χ1n) is 7.64. The minimum Gasteiger partial charge on any atom is -0.441 e. The maximum atomic E-state index is 12.6. The second kappa shape index (κ2) is 6.24. The number of aryl methyl sites for hydroxylation is 1. The fourth-order valence-corrected chi connectivity index (χ4v) is 2.67. The Balaban J connectivity index is 1.76. The first kappa shape index (κ1) is 15.3. The molecule has 1 aromatic carbocycles. The Morgan fingerprint density at radius 2 is 1.65 bits per heavy atom. The van der Waals surface area contributed by atoms with Crippen LogP contribution in [0.15, 0.2) is 34.7 Å². The van der Waals surface area contributed by atoms with Crippen molar-refractivity contribution < 1.29 is 14.0 Å². The second-order valence-electron chi connectivity index (χ2n) is 5.59. The highest BCUT2D eigenvalue weighted by molar-refractivity contribution is 5.94. The van der Waals surface area contributed by atoms with Crippen molar-refractivity contribution in [3.8, 4) is 11.5 Å². The van der Waals surface area contributed by atoms with Crippen LogP contribution in [0.3, 0.4) is 0 Å². The van der Waals surface area contributed by atoms with Crippen molar-refractivity contribution >= 4 is 11.8 Å². The van der Waals surface area contributed by atoms with Crippen LogP contribution in [0.5, 0.6) is 0 Å². The molecular formula is C17H19N3O3. The number of carbonyl (C=O) groups excluding carboxylic acids is 2. The number of rotatable bonds is 2. The summed E-state index contributed by atoms with van der Waals surface area (Å²) >= 11 is 0. The van der Waals surface area contributed by atoms with Crippen molar-refractivity contribution in [3.05, 3.63) is 41.8 Å². The van der Waals surface area contributed by atoms with E-state index < -0.39 is 0 Å². The number of hydrogen-bond acceptors (Lipinski definition) is 4. The van der Waals surface area contributed by atoms with Gasteiger partial charge in [0.05, 0.1) is 0 Å². The quantitative estimate of drug-likeness (QED) is 0.850. The molecule has 2 amide bonds. The van der Waals surface area contributed by atoms with Crippen LogP contribution in [0.4, 0.5) is 0 Å². The maximum Gasteiger partial charge on any atom is 0.276 e. The molecule has 6 nitrogen and oxygen atoms in total. The van der Waals surface area contributed by atoms with E-state index >= 15 is 0 Å². The molecule has 0 unspecified atom stereocenters. The molecular weight excluding hydrogens is 294 g/mol. The standard InChI is InChI=1S/C17H19N3O3/c1-12-15(18-16(23-12)14-6-4-3-5-7-14)17(22)20-10-8-19(9-11-20)13(2)21/h3-7H,8-11H2,1-2H3. The van der Waals surface area contributed by atoms with E-state index in [0.29, 0.717) is 43.5 Å². The predicted octanol–water partition coefficient (Wildman–Crippen LogP) is 1.95. The molecule has 2 aromatic rings. The van der Waals surface area contributed by atoms with Crippen molar-refractivity contribution in [2.45, 2.75) is 13.8 Å². The molecule has 0 atom stereocenters. The number of amides is 2. The molecule has 0 bridgehead atoms. The molecule has 1 saturated heterocycles. The third-order valence-electron chi connectivity index (χ3n) is 4.03. The molecule has 0 spiro atoms. The van der Waals surface area contributed by atoms with E-state index in [0.717, 1.165) is 5.56 Å². The SMILES string of the molecule is CC(=O)N1CCN(C(=O)c2nc(-c3ccccc3)oc2C)CC1. The molecule has 0 aliphatic carbocycles. The molecule has 2 heterocycles. The van der Waals surface area contributed by atoms with Crippen LogP contribution in [-0.2, 0) is 4.79 Å². The maximum absolute atomic E-state index is 12.6. The zero-order chi connectivity index (χ0) is 16.4. The second-order valence-corrected chi connectivity index (χ2v) is 5.59. The van der Waals surface area contributed by atoms with Crippen molar-refractivity contribution in [1.82, 2.24) is 14.8 Å². The lowest BCUT2D eigenvalue weighted by Gasteiger charge is -2.33. The summed E-state index contributed by atoms with van der Waals surface area (Å²) in [6.07, 6.45) is 0. The monoisotopic (exact) mass is 313 g/mol. The number of piperazine rings is 1. The van der Waals surface area contributed by atoms with E-state index in [2.05, 4.69) is 4.98 Å². The van der Waals surface area contributed by atoms with Gasteiger partial charge in [0.2, 0.25) is 11.8 Å².